The second kappa shape index (κ2) is 9.45. The van der Waals surface area contributed by atoms with Gasteiger partial charge in [0.25, 0.3) is 11.8 Å². The summed E-state index contributed by atoms with van der Waals surface area (Å²) in [5, 5.41) is 22.8. The number of hydrogen-bond acceptors (Lipinski definition) is 5. The molecule has 1 fully saturated rings. The molecule has 8 heteroatoms. The van der Waals surface area contributed by atoms with Crippen molar-refractivity contribution in [2.75, 3.05) is 13.2 Å². The third kappa shape index (κ3) is 5.16. The first-order chi connectivity index (χ1) is 13.6. The second-order valence-corrected chi connectivity index (χ2v) is 7.03. The van der Waals surface area contributed by atoms with E-state index in [-0.39, 0.29) is 30.2 Å². The maximum Gasteiger partial charge on any atom is 0.273 e. The Kier molecular flexibility index (Phi) is 6.76. The van der Waals surface area contributed by atoms with E-state index in [1.54, 1.807) is 16.9 Å². The number of aromatic nitrogens is 3. The highest BCUT2D eigenvalue weighted by Gasteiger charge is 2.25. The van der Waals surface area contributed by atoms with Gasteiger partial charge in [0.05, 0.1) is 11.9 Å². The first-order valence-corrected chi connectivity index (χ1v) is 9.88. The highest BCUT2D eigenvalue weighted by molar-refractivity contribution is 5.94. The molecule has 8 nitrogen and oxygen atoms in total. The van der Waals surface area contributed by atoms with Gasteiger partial charge in [-0.25, -0.2) is 4.68 Å². The Hall–Kier alpha value is -2.74. The summed E-state index contributed by atoms with van der Waals surface area (Å²) in [6.07, 6.45) is 6.92. The van der Waals surface area contributed by atoms with Crippen LogP contribution in [0.1, 0.15) is 65.4 Å². The number of nitrogens with one attached hydrogen (secondary N) is 2. The minimum atomic E-state index is -0.211. The van der Waals surface area contributed by atoms with Gasteiger partial charge in [0.15, 0.2) is 5.69 Å². The standard InChI is InChI=1S/C20H27N5O3/c1-2-21-19(27)15-7-10-18(14(12-15)6-4-3-5-11-26)25-13-17(23-24-25)20(28)22-16-8-9-16/h7,10,12-13,16,26H,2-6,8-9,11H2,1H3,(H,21,27)(H,22,28). The largest absolute Gasteiger partial charge is 0.396 e. The minimum Gasteiger partial charge on any atom is -0.396 e. The summed E-state index contributed by atoms with van der Waals surface area (Å²) in [6.45, 7) is 2.62. The van der Waals surface area contributed by atoms with Gasteiger partial charge in [0.2, 0.25) is 0 Å². The van der Waals surface area contributed by atoms with Crippen molar-refractivity contribution >= 4 is 11.8 Å². The van der Waals surface area contributed by atoms with Crippen LogP contribution in [0.15, 0.2) is 24.4 Å². The molecule has 0 atom stereocenters. The Labute approximate surface area is 164 Å². The number of unbranched alkanes of at least 4 members (excludes halogenated alkanes) is 2. The van der Waals surface area contributed by atoms with E-state index in [1.165, 1.54) is 0 Å². The van der Waals surface area contributed by atoms with Crippen molar-refractivity contribution in [2.45, 2.75) is 51.5 Å². The van der Waals surface area contributed by atoms with Crippen LogP contribution >= 0.6 is 0 Å². The average Bonchev–Trinajstić information content (AvgIpc) is 3.37. The first-order valence-electron chi connectivity index (χ1n) is 9.88. The van der Waals surface area contributed by atoms with Crippen molar-refractivity contribution in [3.63, 3.8) is 0 Å². The lowest BCUT2D eigenvalue weighted by Crippen LogP contribution is -2.25. The van der Waals surface area contributed by atoms with Gasteiger partial charge in [0.1, 0.15) is 0 Å². The normalized spacial score (nSPS) is 13.4. The summed E-state index contributed by atoms with van der Waals surface area (Å²) in [7, 11) is 0. The summed E-state index contributed by atoms with van der Waals surface area (Å²) < 4.78 is 1.59. The molecule has 150 valence electrons. The minimum absolute atomic E-state index is 0.117. The fourth-order valence-electron chi connectivity index (χ4n) is 2.99. The molecule has 0 aliphatic heterocycles. The Bertz CT molecular complexity index is 829. The number of aliphatic hydroxyl groups excluding tert-OH is 1. The lowest BCUT2D eigenvalue weighted by Gasteiger charge is -2.11. The molecular formula is C20H27N5O3. The summed E-state index contributed by atoms with van der Waals surface area (Å²) in [4.78, 5) is 24.4. The van der Waals surface area contributed by atoms with Crippen LogP contribution in [0, 0.1) is 0 Å². The number of nitrogens with zero attached hydrogens (tertiary/aromatic N) is 3. The molecular weight excluding hydrogens is 358 g/mol. The van der Waals surface area contributed by atoms with E-state index in [2.05, 4.69) is 20.9 Å². The van der Waals surface area contributed by atoms with Gasteiger partial charge in [-0.15, -0.1) is 5.10 Å². The predicted molar refractivity (Wildman–Crippen MR) is 104 cm³/mol. The van der Waals surface area contributed by atoms with E-state index in [0.717, 1.165) is 49.8 Å². The summed E-state index contributed by atoms with van der Waals surface area (Å²) in [5.74, 6) is -0.328. The van der Waals surface area contributed by atoms with Gasteiger partial charge >= 0.3 is 0 Å². The summed E-state index contributed by atoms with van der Waals surface area (Å²) >= 11 is 0. The molecule has 0 saturated heterocycles. The van der Waals surface area contributed by atoms with Crippen LogP contribution in [0.4, 0.5) is 0 Å². The van der Waals surface area contributed by atoms with Crippen molar-refractivity contribution in [3.05, 3.63) is 41.2 Å². The van der Waals surface area contributed by atoms with Gasteiger partial charge < -0.3 is 15.7 Å². The quantitative estimate of drug-likeness (QED) is 0.539. The fraction of sp³-hybridized carbons (Fsp3) is 0.500. The third-order valence-electron chi connectivity index (χ3n) is 4.67. The molecule has 0 radical (unpaired) electrons. The maximum absolute atomic E-state index is 12.2. The molecule has 0 bridgehead atoms. The second-order valence-electron chi connectivity index (χ2n) is 7.03. The molecule has 3 N–H and O–H groups in total. The van der Waals surface area contributed by atoms with E-state index < -0.39 is 0 Å². The molecule has 0 unspecified atom stereocenters. The van der Waals surface area contributed by atoms with E-state index >= 15 is 0 Å². The third-order valence-corrected chi connectivity index (χ3v) is 4.67. The Morgan fingerprint density at radius 1 is 1.21 bits per heavy atom. The number of rotatable bonds is 10. The van der Waals surface area contributed by atoms with Crippen LogP contribution in [0.25, 0.3) is 5.69 Å². The molecule has 0 spiro atoms. The van der Waals surface area contributed by atoms with Crippen LogP contribution in [0.3, 0.4) is 0 Å². The zero-order valence-corrected chi connectivity index (χ0v) is 16.1. The fourth-order valence-corrected chi connectivity index (χ4v) is 2.99. The molecule has 2 aromatic rings. The molecule has 28 heavy (non-hydrogen) atoms. The average molecular weight is 385 g/mol. The summed E-state index contributed by atoms with van der Waals surface area (Å²) in [5.41, 5.74) is 2.64. The lowest BCUT2D eigenvalue weighted by atomic mass is 10.0. The number of benzene rings is 1. The lowest BCUT2D eigenvalue weighted by molar-refractivity contribution is 0.0941. The van der Waals surface area contributed by atoms with Gasteiger partial charge in [-0.3, -0.25) is 9.59 Å². The van der Waals surface area contributed by atoms with E-state index in [0.29, 0.717) is 12.1 Å². The van der Waals surface area contributed by atoms with Crippen molar-refractivity contribution in [2.24, 2.45) is 0 Å². The number of aryl methyl sites for hydroxylation is 1. The Morgan fingerprint density at radius 3 is 2.75 bits per heavy atom. The van der Waals surface area contributed by atoms with Crippen molar-refractivity contribution in [3.8, 4) is 5.69 Å². The first kappa shape index (κ1) is 20.0. The summed E-state index contributed by atoms with van der Waals surface area (Å²) in [6, 6.07) is 5.72. The highest BCUT2D eigenvalue weighted by atomic mass is 16.3. The molecule has 1 heterocycles. The Morgan fingerprint density at radius 2 is 2.04 bits per heavy atom. The van der Waals surface area contributed by atoms with Crippen LogP contribution in [-0.4, -0.2) is 51.1 Å². The van der Waals surface area contributed by atoms with E-state index in [1.807, 2.05) is 19.1 Å². The predicted octanol–water partition coefficient (Wildman–Crippen LogP) is 1.61. The Balaban J connectivity index is 1.82. The number of aliphatic hydroxyl groups is 1. The van der Waals surface area contributed by atoms with Crippen LogP contribution in [0.5, 0.6) is 0 Å². The number of amides is 2. The monoisotopic (exact) mass is 385 g/mol. The van der Waals surface area contributed by atoms with E-state index in [4.69, 9.17) is 5.11 Å². The van der Waals surface area contributed by atoms with Gasteiger partial charge in [-0.05, 0) is 62.8 Å². The van der Waals surface area contributed by atoms with Crippen molar-refractivity contribution < 1.29 is 14.7 Å². The van der Waals surface area contributed by atoms with Crippen LogP contribution in [0.2, 0.25) is 0 Å². The molecule has 2 amide bonds. The molecule has 1 aromatic carbocycles. The number of carbonyl (C=O) groups is 2. The topological polar surface area (TPSA) is 109 Å². The number of carbonyl (C=O) groups excluding carboxylic acids is 2. The van der Waals surface area contributed by atoms with Crippen LogP contribution in [-0.2, 0) is 6.42 Å². The van der Waals surface area contributed by atoms with E-state index in [9.17, 15) is 9.59 Å². The van der Waals surface area contributed by atoms with Gasteiger partial charge in [-0.1, -0.05) is 11.6 Å². The molecule has 1 aliphatic rings. The highest BCUT2D eigenvalue weighted by Crippen LogP contribution is 2.21. The van der Waals surface area contributed by atoms with Crippen molar-refractivity contribution in [1.29, 1.82) is 0 Å². The van der Waals surface area contributed by atoms with Crippen LogP contribution < -0.4 is 10.6 Å². The maximum atomic E-state index is 12.2. The zero-order chi connectivity index (χ0) is 19.9. The smallest absolute Gasteiger partial charge is 0.273 e. The van der Waals surface area contributed by atoms with Gasteiger partial charge in [0, 0.05) is 24.8 Å². The number of hydrogen-bond donors (Lipinski definition) is 3. The molecule has 1 aromatic heterocycles. The van der Waals surface area contributed by atoms with Crippen molar-refractivity contribution in [1.82, 2.24) is 25.6 Å². The van der Waals surface area contributed by atoms with Gasteiger partial charge in [-0.2, -0.15) is 0 Å². The molecule has 1 saturated carbocycles. The SMILES string of the molecule is CCNC(=O)c1ccc(-n2cc(C(=O)NC3CC3)nn2)c(CCCCCO)c1. The molecule has 3 rings (SSSR count). The molecule has 1 aliphatic carbocycles. The zero-order valence-electron chi connectivity index (χ0n) is 16.1.